The van der Waals surface area contributed by atoms with Gasteiger partial charge in [0, 0.05) is 47.9 Å². The van der Waals surface area contributed by atoms with E-state index in [-0.39, 0.29) is 11.9 Å². The van der Waals surface area contributed by atoms with Crippen LogP contribution in [0.25, 0.3) is 10.4 Å². The molecule has 6 nitrogen and oxygen atoms in total. The van der Waals surface area contributed by atoms with Gasteiger partial charge in [-0.3, -0.25) is 4.79 Å². The van der Waals surface area contributed by atoms with Crippen molar-refractivity contribution in [1.29, 1.82) is 0 Å². The summed E-state index contributed by atoms with van der Waals surface area (Å²) in [5, 5.41) is 0. The maximum atomic E-state index is 12.8. The fourth-order valence-electron chi connectivity index (χ4n) is 3.89. The van der Waals surface area contributed by atoms with Crippen LogP contribution in [-0.4, -0.2) is 64.9 Å². The molecule has 4 heterocycles. The van der Waals surface area contributed by atoms with Crippen molar-refractivity contribution < 1.29 is 4.79 Å². The molecule has 0 spiro atoms. The van der Waals surface area contributed by atoms with Crippen molar-refractivity contribution in [3.63, 3.8) is 0 Å². The number of nitrogens with two attached hydrogens (primary N) is 1. The monoisotopic (exact) mass is 385 g/mol. The molecule has 2 aromatic rings. The Morgan fingerprint density at radius 2 is 1.89 bits per heavy atom. The maximum absolute atomic E-state index is 12.8. The first-order chi connectivity index (χ1) is 13.0. The third-order valence-electron chi connectivity index (χ3n) is 5.66. The minimum Gasteiger partial charge on any atom is -0.336 e. The normalized spacial score (nSPS) is 21.7. The van der Waals surface area contributed by atoms with E-state index in [1.807, 2.05) is 24.2 Å². The van der Waals surface area contributed by atoms with E-state index in [0.29, 0.717) is 12.5 Å². The molecule has 144 valence electrons. The predicted molar refractivity (Wildman–Crippen MR) is 108 cm³/mol. The second kappa shape index (κ2) is 7.66. The summed E-state index contributed by atoms with van der Waals surface area (Å²) in [7, 11) is 2.16. The fourth-order valence-corrected chi connectivity index (χ4v) is 5.01. The SMILES string of the molecule is Cc1cc(-c2cnc(C3CCN(C)CC3)nc2)sc1C(=O)N1CC[C@H](N)C1. The van der Waals surface area contributed by atoms with E-state index >= 15 is 0 Å². The minimum atomic E-state index is 0.0977. The molecule has 2 aromatic heterocycles. The number of hydrogen-bond donors (Lipinski definition) is 1. The van der Waals surface area contributed by atoms with Crippen LogP contribution in [0.15, 0.2) is 18.5 Å². The summed E-state index contributed by atoms with van der Waals surface area (Å²) in [6, 6.07) is 2.18. The lowest BCUT2D eigenvalue weighted by Crippen LogP contribution is -2.31. The standard InChI is InChI=1S/C20H27N5OS/c1-13-9-17(27-18(13)20(26)25-8-5-16(21)12-25)15-10-22-19(23-11-15)14-3-6-24(2)7-4-14/h9-11,14,16H,3-8,12,21H2,1-2H3/t16-/m0/s1. The lowest BCUT2D eigenvalue weighted by atomic mass is 9.96. The van der Waals surface area contributed by atoms with Gasteiger partial charge in [0.15, 0.2) is 0 Å². The van der Waals surface area contributed by atoms with Crippen molar-refractivity contribution in [3.8, 4) is 10.4 Å². The quantitative estimate of drug-likeness (QED) is 0.879. The highest BCUT2D eigenvalue weighted by Gasteiger charge is 2.27. The van der Waals surface area contributed by atoms with E-state index in [1.54, 1.807) is 0 Å². The van der Waals surface area contributed by atoms with Gasteiger partial charge in [0.1, 0.15) is 5.82 Å². The van der Waals surface area contributed by atoms with E-state index in [0.717, 1.165) is 65.6 Å². The summed E-state index contributed by atoms with van der Waals surface area (Å²) in [6.07, 6.45) is 6.93. The van der Waals surface area contributed by atoms with Crippen LogP contribution < -0.4 is 5.73 Å². The number of carbonyl (C=O) groups excluding carboxylic acids is 1. The first-order valence-electron chi connectivity index (χ1n) is 9.67. The molecule has 2 fully saturated rings. The molecule has 7 heteroatoms. The Labute approximate surface area is 164 Å². The summed E-state index contributed by atoms with van der Waals surface area (Å²) in [4.78, 5) is 28.1. The van der Waals surface area contributed by atoms with E-state index in [2.05, 4.69) is 28.0 Å². The molecule has 2 aliphatic heterocycles. The Balaban J connectivity index is 1.50. The summed E-state index contributed by atoms with van der Waals surface area (Å²) in [5.41, 5.74) is 7.95. The van der Waals surface area contributed by atoms with Crippen molar-refractivity contribution in [2.24, 2.45) is 5.73 Å². The van der Waals surface area contributed by atoms with Gasteiger partial charge in [0.2, 0.25) is 0 Å². The molecule has 1 atom stereocenters. The second-order valence-electron chi connectivity index (χ2n) is 7.83. The summed E-state index contributed by atoms with van der Waals surface area (Å²) >= 11 is 1.53. The Bertz CT molecular complexity index is 810. The van der Waals surface area contributed by atoms with Crippen LogP contribution >= 0.6 is 11.3 Å². The number of rotatable bonds is 3. The first kappa shape index (κ1) is 18.5. The molecule has 27 heavy (non-hydrogen) atoms. The number of hydrogen-bond acceptors (Lipinski definition) is 6. The molecule has 0 bridgehead atoms. The lowest BCUT2D eigenvalue weighted by molar-refractivity contribution is 0.0795. The van der Waals surface area contributed by atoms with E-state index in [4.69, 9.17) is 5.73 Å². The van der Waals surface area contributed by atoms with Crippen molar-refractivity contribution in [1.82, 2.24) is 19.8 Å². The zero-order valence-electron chi connectivity index (χ0n) is 16.0. The van der Waals surface area contributed by atoms with Crippen LogP contribution in [-0.2, 0) is 0 Å². The molecule has 0 saturated carbocycles. The molecule has 0 aromatic carbocycles. The number of thiophene rings is 1. The van der Waals surface area contributed by atoms with Crippen LogP contribution in [0.5, 0.6) is 0 Å². The Morgan fingerprint density at radius 3 is 2.52 bits per heavy atom. The molecule has 2 saturated heterocycles. The van der Waals surface area contributed by atoms with Crippen LogP contribution in [0, 0.1) is 6.92 Å². The number of carbonyl (C=O) groups is 1. The molecule has 4 rings (SSSR count). The van der Waals surface area contributed by atoms with E-state index in [9.17, 15) is 4.79 Å². The molecule has 2 N–H and O–H groups in total. The number of piperidine rings is 1. The predicted octanol–water partition coefficient (Wildman–Crippen LogP) is 2.50. The highest BCUT2D eigenvalue weighted by molar-refractivity contribution is 7.17. The van der Waals surface area contributed by atoms with Gasteiger partial charge < -0.3 is 15.5 Å². The summed E-state index contributed by atoms with van der Waals surface area (Å²) in [5.74, 6) is 1.50. The zero-order valence-corrected chi connectivity index (χ0v) is 16.8. The largest absolute Gasteiger partial charge is 0.336 e. The van der Waals surface area contributed by atoms with Crippen molar-refractivity contribution in [3.05, 3.63) is 34.7 Å². The van der Waals surface area contributed by atoms with Gasteiger partial charge in [0.05, 0.1) is 4.88 Å². The van der Waals surface area contributed by atoms with Crippen LogP contribution in [0.1, 0.15) is 46.2 Å². The third kappa shape index (κ3) is 3.90. The van der Waals surface area contributed by atoms with E-state index in [1.165, 1.54) is 11.3 Å². The van der Waals surface area contributed by atoms with Crippen LogP contribution in [0.2, 0.25) is 0 Å². The average molecular weight is 386 g/mol. The van der Waals surface area contributed by atoms with E-state index < -0.39 is 0 Å². The molecule has 2 aliphatic rings. The Morgan fingerprint density at radius 1 is 1.19 bits per heavy atom. The molecule has 0 radical (unpaired) electrons. The third-order valence-corrected chi connectivity index (χ3v) is 6.94. The number of aryl methyl sites for hydroxylation is 1. The van der Waals surface area contributed by atoms with Gasteiger partial charge in [-0.05, 0) is 58.0 Å². The number of nitrogens with zero attached hydrogens (tertiary/aromatic N) is 4. The van der Waals surface area contributed by atoms with Gasteiger partial charge in [-0.15, -0.1) is 11.3 Å². The molecule has 1 amide bonds. The van der Waals surface area contributed by atoms with Gasteiger partial charge in [-0.1, -0.05) is 0 Å². The fraction of sp³-hybridized carbons (Fsp3) is 0.550. The zero-order chi connectivity index (χ0) is 19.0. The molecule has 0 aliphatic carbocycles. The lowest BCUT2D eigenvalue weighted by Gasteiger charge is -2.27. The van der Waals surface area contributed by atoms with Gasteiger partial charge in [-0.2, -0.15) is 0 Å². The van der Waals surface area contributed by atoms with Gasteiger partial charge in [-0.25, -0.2) is 9.97 Å². The molecule has 0 unspecified atom stereocenters. The average Bonchev–Trinajstić information content (AvgIpc) is 3.28. The number of amides is 1. The Kier molecular flexibility index (Phi) is 5.25. The molecular weight excluding hydrogens is 358 g/mol. The molecular formula is C20H27N5OS. The number of aromatic nitrogens is 2. The highest BCUT2D eigenvalue weighted by atomic mass is 32.1. The maximum Gasteiger partial charge on any atom is 0.264 e. The van der Waals surface area contributed by atoms with Crippen LogP contribution in [0.4, 0.5) is 0 Å². The van der Waals surface area contributed by atoms with Crippen molar-refractivity contribution in [2.75, 3.05) is 33.2 Å². The smallest absolute Gasteiger partial charge is 0.264 e. The number of likely N-dealkylation sites (tertiary alicyclic amines) is 2. The summed E-state index contributed by atoms with van der Waals surface area (Å²) < 4.78 is 0. The second-order valence-corrected chi connectivity index (χ2v) is 8.88. The van der Waals surface area contributed by atoms with Crippen LogP contribution in [0.3, 0.4) is 0 Å². The van der Waals surface area contributed by atoms with Crippen molar-refractivity contribution in [2.45, 2.75) is 38.1 Å². The minimum absolute atomic E-state index is 0.0977. The van der Waals surface area contributed by atoms with Gasteiger partial charge >= 0.3 is 0 Å². The summed E-state index contributed by atoms with van der Waals surface area (Å²) in [6.45, 7) is 5.61. The first-order valence-corrected chi connectivity index (χ1v) is 10.5. The van der Waals surface area contributed by atoms with Gasteiger partial charge in [0.25, 0.3) is 5.91 Å². The highest BCUT2D eigenvalue weighted by Crippen LogP contribution is 2.33. The topological polar surface area (TPSA) is 75.4 Å². The Hall–Kier alpha value is -1.83. The van der Waals surface area contributed by atoms with Crippen molar-refractivity contribution >= 4 is 17.2 Å².